The van der Waals surface area contributed by atoms with Crippen molar-refractivity contribution >= 4 is 41.7 Å². The number of aliphatic imine (C=N–C) groups is 1. The summed E-state index contributed by atoms with van der Waals surface area (Å²) < 4.78 is 5.41. The molecule has 6 heteroatoms. The van der Waals surface area contributed by atoms with E-state index in [0.29, 0.717) is 0 Å². The standard InChI is InChI=1S/C17H29N3OS.HI/c1-14-7-8-16(21-3)15(13-14)9-11-20-17(18-2)19-10-5-6-12-22-4;/h7-8,13H,5-6,9-12H2,1-4H3,(H2,18,19,20);1H. The highest BCUT2D eigenvalue weighted by Gasteiger charge is 2.04. The van der Waals surface area contributed by atoms with E-state index in [9.17, 15) is 0 Å². The summed E-state index contributed by atoms with van der Waals surface area (Å²) in [6, 6.07) is 6.29. The molecule has 1 rings (SSSR count). The second-order valence-corrected chi connectivity index (χ2v) is 6.18. The van der Waals surface area contributed by atoms with Crippen molar-refractivity contribution in [2.24, 2.45) is 4.99 Å². The van der Waals surface area contributed by atoms with Crippen molar-refractivity contribution in [1.82, 2.24) is 10.6 Å². The number of hydrogen-bond donors (Lipinski definition) is 2. The Morgan fingerprint density at radius 3 is 2.61 bits per heavy atom. The molecule has 0 saturated carbocycles. The highest BCUT2D eigenvalue weighted by atomic mass is 127. The number of methoxy groups -OCH3 is 1. The molecule has 1 aromatic rings. The van der Waals surface area contributed by atoms with E-state index in [1.165, 1.54) is 29.7 Å². The molecule has 0 amide bonds. The van der Waals surface area contributed by atoms with E-state index >= 15 is 0 Å². The van der Waals surface area contributed by atoms with Crippen LogP contribution in [0, 0.1) is 6.92 Å². The number of hydrogen-bond acceptors (Lipinski definition) is 3. The van der Waals surface area contributed by atoms with Crippen molar-refractivity contribution < 1.29 is 4.74 Å². The first-order valence-corrected chi connectivity index (χ1v) is 9.17. The van der Waals surface area contributed by atoms with Gasteiger partial charge in [-0.15, -0.1) is 24.0 Å². The second kappa shape index (κ2) is 13.8. The van der Waals surface area contributed by atoms with E-state index < -0.39 is 0 Å². The van der Waals surface area contributed by atoms with Crippen LogP contribution in [-0.4, -0.2) is 45.2 Å². The van der Waals surface area contributed by atoms with Gasteiger partial charge in [0.15, 0.2) is 5.96 Å². The van der Waals surface area contributed by atoms with E-state index in [-0.39, 0.29) is 24.0 Å². The highest BCUT2D eigenvalue weighted by molar-refractivity contribution is 14.0. The van der Waals surface area contributed by atoms with Crippen LogP contribution in [0.1, 0.15) is 24.0 Å². The Labute approximate surface area is 162 Å². The van der Waals surface area contributed by atoms with Gasteiger partial charge in [0.2, 0.25) is 0 Å². The molecule has 0 spiro atoms. The lowest BCUT2D eigenvalue weighted by molar-refractivity contribution is 0.409. The first kappa shape index (κ1) is 22.4. The monoisotopic (exact) mass is 451 g/mol. The molecule has 0 aliphatic carbocycles. The highest BCUT2D eigenvalue weighted by Crippen LogP contribution is 2.19. The maximum Gasteiger partial charge on any atom is 0.190 e. The number of benzene rings is 1. The zero-order valence-corrected chi connectivity index (χ0v) is 17.8. The van der Waals surface area contributed by atoms with Crippen LogP contribution in [0.4, 0.5) is 0 Å². The summed E-state index contributed by atoms with van der Waals surface area (Å²) in [6.07, 6.45) is 5.48. The average Bonchev–Trinajstić information content (AvgIpc) is 2.53. The zero-order chi connectivity index (χ0) is 16.2. The molecule has 0 bridgehead atoms. The first-order valence-electron chi connectivity index (χ1n) is 7.78. The fraction of sp³-hybridized carbons (Fsp3) is 0.588. The molecule has 0 unspecified atom stereocenters. The molecule has 23 heavy (non-hydrogen) atoms. The SMILES string of the molecule is CN=C(NCCCCSC)NCCc1cc(C)ccc1OC.I. The van der Waals surface area contributed by atoms with Crippen LogP contribution in [0.15, 0.2) is 23.2 Å². The van der Waals surface area contributed by atoms with Gasteiger partial charge in [0.25, 0.3) is 0 Å². The molecule has 0 aliphatic rings. The van der Waals surface area contributed by atoms with Gasteiger partial charge in [0.05, 0.1) is 7.11 Å². The molecule has 1 aromatic carbocycles. The number of rotatable bonds is 9. The Kier molecular flexibility index (Phi) is 13.4. The minimum absolute atomic E-state index is 0. The van der Waals surface area contributed by atoms with Gasteiger partial charge in [0, 0.05) is 20.1 Å². The van der Waals surface area contributed by atoms with Crippen molar-refractivity contribution in [2.45, 2.75) is 26.2 Å². The van der Waals surface area contributed by atoms with Gasteiger partial charge in [-0.2, -0.15) is 11.8 Å². The lowest BCUT2D eigenvalue weighted by Crippen LogP contribution is -2.38. The van der Waals surface area contributed by atoms with Crippen LogP contribution in [-0.2, 0) is 6.42 Å². The third-order valence-electron chi connectivity index (χ3n) is 3.41. The molecule has 0 atom stereocenters. The van der Waals surface area contributed by atoms with Crippen LogP contribution >= 0.6 is 35.7 Å². The van der Waals surface area contributed by atoms with Crippen LogP contribution in [0.25, 0.3) is 0 Å². The summed E-state index contributed by atoms with van der Waals surface area (Å²) in [6.45, 7) is 3.91. The summed E-state index contributed by atoms with van der Waals surface area (Å²) in [5, 5.41) is 6.71. The van der Waals surface area contributed by atoms with Crippen LogP contribution < -0.4 is 15.4 Å². The van der Waals surface area contributed by atoms with Gasteiger partial charge in [-0.3, -0.25) is 4.99 Å². The molecule has 0 aromatic heterocycles. The van der Waals surface area contributed by atoms with E-state index in [1.54, 1.807) is 7.11 Å². The van der Waals surface area contributed by atoms with E-state index in [4.69, 9.17) is 4.74 Å². The van der Waals surface area contributed by atoms with Crippen molar-refractivity contribution in [2.75, 3.05) is 39.3 Å². The largest absolute Gasteiger partial charge is 0.496 e. The lowest BCUT2D eigenvalue weighted by Gasteiger charge is -2.13. The Morgan fingerprint density at radius 2 is 1.96 bits per heavy atom. The molecule has 4 nitrogen and oxygen atoms in total. The summed E-state index contributed by atoms with van der Waals surface area (Å²) in [5.74, 6) is 3.05. The van der Waals surface area contributed by atoms with Crippen LogP contribution in [0.3, 0.4) is 0 Å². The van der Waals surface area contributed by atoms with Gasteiger partial charge >= 0.3 is 0 Å². The Hall–Kier alpha value is -0.630. The first-order chi connectivity index (χ1) is 10.7. The summed E-state index contributed by atoms with van der Waals surface area (Å²) in [4.78, 5) is 4.26. The van der Waals surface area contributed by atoms with Crippen molar-refractivity contribution in [1.29, 1.82) is 0 Å². The number of thioether (sulfide) groups is 1. The van der Waals surface area contributed by atoms with Gasteiger partial charge in [-0.1, -0.05) is 17.7 Å². The van der Waals surface area contributed by atoms with E-state index in [2.05, 4.69) is 40.9 Å². The van der Waals surface area contributed by atoms with Gasteiger partial charge in [-0.05, 0) is 49.8 Å². The molecule has 0 fully saturated rings. The topological polar surface area (TPSA) is 45.7 Å². The normalized spacial score (nSPS) is 10.9. The number of nitrogens with zero attached hydrogens (tertiary/aromatic N) is 1. The van der Waals surface area contributed by atoms with Crippen molar-refractivity contribution in [3.63, 3.8) is 0 Å². The number of aryl methyl sites for hydroxylation is 1. The second-order valence-electron chi connectivity index (χ2n) is 5.19. The van der Waals surface area contributed by atoms with Crippen LogP contribution in [0.2, 0.25) is 0 Å². The molecule has 0 radical (unpaired) electrons. The van der Waals surface area contributed by atoms with E-state index in [0.717, 1.165) is 31.2 Å². The molecular formula is C17H30IN3OS. The Morgan fingerprint density at radius 1 is 1.22 bits per heavy atom. The minimum atomic E-state index is 0. The molecule has 0 saturated heterocycles. The van der Waals surface area contributed by atoms with Gasteiger partial charge in [-0.25, -0.2) is 0 Å². The predicted octanol–water partition coefficient (Wildman–Crippen LogP) is 3.47. The third kappa shape index (κ3) is 9.30. The summed E-state index contributed by atoms with van der Waals surface area (Å²) >= 11 is 1.90. The van der Waals surface area contributed by atoms with Crippen LogP contribution in [0.5, 0.6) is 5.75 Å². The quantitative estimate of drug-likeness (QED) is 0.261. The molecule has 0 aliphatic heterocycles. The van der Waals surface area contributed by atoms with Gasteiger partial charge < -0.3 is 15.4 Å². The third-order valence-corrected chi connectivity index (χ3v) is 4.11. The van der Waals surface area contributed by atoms with Crippen molar-refractivity contribution in [3.8, 4) is 5.75 Å². The minimum Gasteiger partial charge on any atom is -0.496 e. The number of unbranched alkanes of at least 4 members (excludes halogenated alkanes) is 1. The maximum absolute atomic E-state index is 5.41. The molecular weight excluding hydrogens is 421 g/mol. The lowest BCUT2D eigenvalue weighted by atomic mass is 10.1. The maximum atomic E-state index is 5.41. The fourth-order valence-electron chi connectivity index (χ4n) is 2.22. The zero-order valence-electron chi connectivity index (χ0n) is 14.6. The number of halogens is 1. The fourth-order valence-corrected chi connectivity index (χ4v) is 2.71. The summed E-state index contributed by atoms with van der Waals surface area (Å²) in [5.41, 5.74) is 2.48. The predicted molar refractivity (Wildman–Crippen MR) is 114 cm³/mol. The molecule has 132 valence electrons. The number of nitrogens with one attached hydrogen (secondary N) is 2. The number of guanidine groups is 1. The average molecular weight is 451 g/mol. The number of ether oxygens (including phenoxy) is 1. The van der Waals surface area contributed by atoms with Crippen molar-refractivity contribution in [3.05, 3.63) is 29.3 Å². The smallest absolute Gasteiger partial charge is 0.190 e. The summed E-state index contributed by atoms with van der Waals surface area (Å²) in [7, 11) is 3.53. The van der Waals surface area contributed by atoms with Gasteiger partial charge in [0.1, 0.15) is 5.75 Å². The Balaban J connectivity index is 0.00000484. The molecule has 2 N–H and O–H groups in total. The molecule has 0 heterocycles. The van der Waals surface area contributed by atoms with E-state index in [1.807, 2.05) is 24.9 Å². The Bertz CT molecular complexity index is 469.